The second-order valence-corrected chi connectivity index (χ2v) is 5.05. The fraction of sp³-hybridized carbons (Fsp3) is 0.300. The summed E-state index contributed by atoms with van der Waals surface area (Å²) in [4.78, 5) is 14.4. The van der Waals surface area contributed by atoms with Gasteiger partial charge in [0.05, 0.1) is 0 Å². The molecule has 4 nitrogen and oxygen atoms in total. The summed E-state index contributed by atoms with van der Waals surface area (Å²) >= 11 is 5.99. The molecule has 2 heterocycles. The third-order valence-corrected chi connectivity index (χ3v) is 3.39. The highest BCUT2D eigenvalue weighted by Crippen LogP contribution is 2.36. The van der Waals surface area contributed by atoms with Gasteiger partial charge in [-0.25, -0.2) is 9.50 Å². The maximum absolute atomic E-state index is 13.0. The van der Waals surface area contributed by atoms with E-state index in [2.05, 4.69) is 10.1 Å². The van der Waals surface area contributed by atoms with E-state index in [9.17, 15) is 31.1 Å². The number of carbonyl (C=O) groups excluding carboxylic acids is 1. The van der Waals surface area contributed by atoms with Crippen LogP contribution in [-0.4, -0.2) is 26.1 Å². The van der Waals surface area contributed by atoms with Crippen molar-refractivity contribution >= 4 is 34.3 Å². The van der Waals surface area contributed by atoms with Gasteiger partial charge in [0.2, 0.25) is 0 Å². The lowest BCUT2D eigenvalue weighted by molar-refractivity contribution is -0.148. The van der Waals surface area contributed by atoms with Crippen LogP contribution in [0.5, 0.6) is 0 Å². The van der Waals surface area contributed by atoms with Crippen LogP contribution >= 0.6 is 23.4 Å². The highest BCUT2D eigenvalue weighted by atomic mass is 35.5. The van der Waals surface area contributed by atoms with Crippen molar-refractivity contribution in [3.8, 4) is 0 Å². The van der Waals surface area contributed by atoms with Gasteiger partial charge >= 0.3 is 12.4 Å². The van der Waals surface area contributed by atoms with Crippen LogP contribution in [0.1, 0.15) is 21.7 Å². The molecule has 0 unspecified atom stereocenters. The van der Waals surface area contributed by atoms with E-state index in [1.165, 1.54) is 6.26 Å². The first-order valence-corrected chi connectivity index (χ1v) is 6.89. The molecule has 0 aromatic carbocycles. The zero-order chi connectivity index (χ0) is 16.9. The van der Waals surface area contributed by atoms with E-state index in [1.54, 1.807) is 0 Å². The Balaban J connectivity index is 2.97. The van der Waals surface area contributed by atoms with Crippen molar-refractivity contribution in [1.29, 1.82) is 0 Å². The fourth-order valence-corrected chi connectivity index (χ4v) is 2.44. The summed E-state index contributed by atoms with van der Waals surface area (Å²) in [5, 5.41) is 1.96. The summed E-state index contributed by atoms with van der Waals surface area (Å²) in [6.45, 7) is 0. The van der Waals surface area contributed by atoms with Crippen molar-refractivity contribution in [3.05, 3.63) is 23.0 Å². The van der Waals surface area contributed by atoms with Crippen molar-refractivity contribution in [1.82, 2.24) is 14.6 Å². The van der Waals surface area contributed by atoms with E-state index in [4.69, 9.17) is 11.6 Å². The maximum atomic E-state index is 13.0. The Kier molecular flexibility index (Phi) is 4.07. The molecule has 2 aromatic heterocycles. The van der Waals surface area contributed by atoms with Gasteiger partial charge in [-0.3, -0.25) is 4.79 Å². The number of hydrogen-bond acceptors (Lipinski definition) is 4. The van der Waals surface area contributed by atoms with Crippen LogP contribution in [0.4, 0.5) is 26.3 Å². The van der Waals surface area contributed by atoms with Gasteiger partial charge in [0.25, 0.3) is 5.24 Å². The average molecular weight is 364 g/mol. The number of rotatable bonds is 2. The number of nitrogens with zero attached hydrogens (tertiary/aromatic N) is 3. The molecule has 0 saturated carbocycles. The number of fused-ring (bicyclic) bond motifs is 1. The molecular weight excluding hydrogens is 360 g/mol. The molecule has 0 amide bonds. The maximum Gasteiger partial charge on any atom is 0.433 e. The number of hydrogen-bond donors (Lipinski definition) is 0. The molecule has 120 valence electrons. The van der Waals surface area contributed by atoms with E-state index in [0.29, 0.717) is 0 Å². The van der Waals surface area contributed by atoms with Crippen LogP contribution in [0.25, 0.3) is 5.65 Å². The Bertz CT molecular complexity index is 754. The van der Waals surface area contributed by atoms with Gasteiger partial charge in [0.15, 0.2) is 11.3 Å². The van der Waals surface area contributed by atoms with Gasteiger partial charge in [-0.1, -0.05) is 0 Å². The van der Waals surface area contributed by atoms with Crippen LogP contribution in [0, 0.1) is 0 Å². The molecule has 0 fully saturated rings. The Morgan fingerprint density at radius 1 is 1.23 bits per heavy atom. The zero-order valence-electron chi connectivity index (χ0n) is 10.4. The van der Waals surface area contributed by atoms with Gasteiger partial charge in [0.1, 0.15) is 16.3 Å². The summed E-state index contributed by atoms with van der Waals surface area (Å²) in [5.41, 5.74) is -5.00. The summed E-state index contributed by atoms with van der Waals surface area (Å²) in [5.74, 6) is 0. The first-order chi connectivity index (χ1) is 9.96. The third-order valence-electron chi connectivity index (χ3n) is 2.53. The first-order valence-electron chi connectivity index (χ1n) is 5.28. The van der Waals surface area contributed by atoms with E-state index in [1.807, 2.05) is 0 Å². The lowest BCUT2D eigenvalue weighted by atomic mass is 10.3. The molecular formula is C10H4ClF6N3OS. The third kappa shape index (κ3) is 2.86. The molecule has 0 aliphatic carbocycles. The molecule has 0 spiro atoms. The summed E-state index contributed by atoms with van der Waals surface area (Å²) < 4.78 is 77.2. The molecule has 0 bridgehead atoms. The lowest BCUT2D eigenvalue weighted by Gasteiger charge is -2.12. The number of aromatic nitrogens is 3. The van der Waals surface area contributed by atoms with Crippen LogP contribution in [0.3, 0.4) is 0 Å². The van der Waals surface area contributed by atoms with Crippen LogP contribution < -0.4 is 0 Å². The van der Waals surface area contributed by atoms with Crippen molar-refractivity contribution in [2.24, 2.45) is 0 Å². The minimum atomic E-state index is -5.13. The molecule has 12 heteroatoms. The van der Waals surface area contributed by atoms with Crippen molar-refractivity contribution in [2.75, 3.05) is 6.26 Å². The molecule has 2 aromatic rings. The average Bonchev–Trinajstić information content (AvgIpc) is 2.73. The molecule has 0 aliphatic rings. The zero-order valence-corrected chi connectivity index (χ0v) is 12.0. The molecule has 0 aliphatic heterocycles. The van der Waals surface area contributed by atoms with Crippen LogP contribution in [0.15, 0.2) is 11.1 Å². The summed E-state index contributed by atoms with van der Waals surface area (Å²) in [6, 6.07) is -0.174. The number of halogens is 7. The Morgan fingerprint density at radius 2 is 1.82 bits per heavy atom. The summed E-state index contributed by atoms with van der Waals surface area (Å²) in [7, 11) is 0. The predicted octanol–water partition coefficient (Wildman–Crippen LogP) is 3.87. The minimum Gasteiger partial charge on any atom is -0.275 e. The van der Waals surface area contributed by atoms with Crippen molar-refractivity contribution < 1.29 is 31.1 Å². The second kappa shape index (κ2) is 5.30. The number of alkyl halides is 6. The molecule has 2 rings (SSSR count). The lowest BCUT2D eigenvalue weighted by Crippen LogP contribution is -2.18. The van der Waals surface area contributed by atoms with Gasteiger partial charge in [-0.05, 0) is 23.9 Å². The highest BCUT2D eigenvalue weighted by Gasteiger charge is 2.41. The standard InChI is InChI=1S/C10H4ClF6N3OS/c1-22-8-5(6(11)21)7-18-3(9(12,13)14)2-4(10(15,16)17)20(7)19-8/h2H,1H3. The molecule has 0 N–H and O–H groups in total. The predicted molar refractivity (Wildman–Crippen MR) is 65.0 cm³/mol. The normalized spacial score (nSPS) is 12.9. The molecule has 0 atom stereocenters. The largest absolute Gasteiger partial charge is 0.433 e. The summed E-state index contributed by atoms with van der Waals surface area (Å²) in [6.07, 6.45) is -8.88. The Labute approximate surface area is 127 Å². The first kappa shape index (κ1) is 16.9. The van der Waals surface area contributed by atoms with Crippen molar-refractivity contribution in [2.45, 2.75) is 17.4 Å². The highest BCUT2D eigenvalue weighted by molar-refractivity contribution is 7.98. The smallest absolute Gasteiger partial charge is 0.275 e. The van der Waals surface area contributed by atoms with Gasteiger partial charge in [-0.2, -0.15) is 31.4 Å². The monoisotopic (exact) mass is 363 g/mol. The number of carbonyl (C=O) groups is 1. The molecule has 0 saturated heterocycles. The Hall–Kier alpha value is -1.49. The number of thioether (sulfide) groups is 1. The van der Waals surface area contributed by atoms with Gasteiger partial charge < -0.3 is 0 Å². The van der Waals surface area contributed by atoms with E-state index in [-0.39, 0.29) is 15.6 Å². The molecule has 0 radical (unpaired) electrons. The SMILES string of the molecule is CSc1nn2c(C(F)(F)F)cc(C(F)(F)F)nc2c1C(=O)Cl. The van der Waals surface area contributed by atoms with Crippen molar-refractivity contribution in [3.63, 3.8) is 0 Å². The topological polar surface area (TPSA) is 47.3 Å². The van der Waals surface area contributed by atoms with Gasteiger partial charge in [0, 0.05) is 0 Å². The Morgan fingerprint density at radius 3 is 2.23 bits per heavy atom. The van der Waals surface area contributed by atoms with E-state index >= 15 is 0 Å². The second-order valence-electron chi connectivity index (χ2n) is 3.92. The fourth-order valence-electron chi connectivity index (χ4n) is 1.66. The van der Waals surface area contributed by atoms with E-state index in [0.717, 1.165) is 11.8 Å². The minimum absolute atomic E-state index is 0.136. The van der Waals surface area contributed by atoms with E-state index < -0.39 is 40.2 Å². The quantitative estimate of drug-likeness (QED) is 0.462. The van der Waals surface area contributed by atoms with Gasteiger partial charge in [-0.15, -0.1) is 11.8 Å². The van der Waals surface area contributed by atoms with Crippen LogP contribution in [0.2, 0.25) is 0 Å². The van der Waals surface area contributed by atoms with Crippen LogP contribution in [-0.2, 0) is 12.4 Å². The molecule has 22 heavy (non-hydrogen) atoms.